The highest BCUT2D eigenvalue weighted by atomic mass is 31.2. The molecule has 6 heteroatoms. The van der Waals surface area contributed by atoms with Gasteiger partial charge in [-0.1, -0.05) is 39.0 Å². The third kappa shape index (κ3) is 9.09. The highest BCUT2D eigenvalue weighted by Gasteiger charge is 2.33. The third-order valence-electron chi connectivity index (χ3n) is 3.06. The zero-order chi connectivity index (χ0) is 15.3. The summed E-state index contributed by atoms with van der Waals surface area (Å²) in [5.74, 6) is -1.06. The van der Waals surface area contributed by atoms with Crippen LogP contribution in [0.15, 0.2) is 0 Å². The van der Waals surface area contributed by atoms with Gasteiger partial charge in [-0.15, -0.1) is 0 Å². The first-order valence-corrected chi connectivity index (χ1v) is 9.39. The molecule has 0 aromatic heterocycles. The predicted octanol–water partition coefficient (Wildman–Crippen LogP) is 3.68. The monoisotopic (exact) mass is 310 g/mol. The largest absolute Gasteiger partial charge is 0.396 e. The van der Waals surface area contributed by atoms with Gasteiger partial charge >= 0.3 is 7.60 Å². The van der Waals surface area contributed by atoms with Gasteiger partial charge in [0.1, 0.15) is 0 Å². The van der Waals surface area contributed by atoms with E-state index in [0.29, 0.717) is 25.9 Å². The lowest BCUT2D eigenvalue weighted by molar-refractivity contribution is 0.137. The lowest BCUT2D eigenvalue weighted by Gasteiger charge is -2.22. The first-order chi connectivity index (χ1) is 9.60. The van der Waals surface area contributed by atoms with Gasteiger partial charge in [0.05, 0.1) is 13.2 Å². The number of rotatable bonds is 14. The standard InChI is InChI=1S/C14H31O5P/c1-3-5-6-10-13-19-20(17,18-4-2)14(16)11-8-7-9-12-15/h14-16H,3-13H2,1-2H3. The minimum absolute atomic E-state index is 0.146. The molecule has 0 bridgehead atoms. The quantitative estimate of drug-likeness (QED) is 0.378. The van der Waals surface area contributed by atoms with Gasteiger partial charge < -0.3 is 19.3 Å². The first-order valence-electron chi connectivity index (χ1n) is 7.78. The molecule has 0 spiro atoms. The maximum Gasteiger partial charge on any atom is 0.358 e. The molecule has 0 aromatic carbocycles. The van der Waals surface area contributed by atoms with Crippen molar-refractivity contribution in [2.24, 2.45) is 0 Å². The number of aliphatic hydroxyl groups is 2. The molecule has 2 atom stereocenters. The maximum absolute atomic E-state index is 12.5. The zero-order valence-electron chi connectivity index (χ0n) is 12.9. The van der Waals surface area contributed by atoms with Crippen LogP contribution >= 0.6 is 7.60 Å². The third-order valence-corrected chi connectivity index (χ3v) is 5.21. The fourth-order valence-corrected chi connectivity index (χ4v) is 3.54. The van der Waals surface area contributed by atoms with E-state index in [4.69, 9.17) is 14.2 Å². The molecule has 0 rings (SSSR count). The summed E-state index contributed by atoms with van der Waals surface area (Å²) in [6, 6.07) is 0. The Kier molecular flexibility index (Phi) is 12.8. The summed E-state index contributed by atoms with van der Waals surface area (Å²) < 4.78 is 23.0. The Morgan fingerprint density at radius 3 is 2.30 bits per heavy atom. The Labute approximate surface area is 123 Å². The van der Waals surface area contributed by atoms with Gasteiger partial charge in [0.15, 0.2) is 5.85 Å². The number of aliphatic hydroxyl groups excluding tert-OH is 2. The second-order valence-electron chi connectivity index (χ2n) is 4.91. The molecule has 5 nitrogen and oxygen atoms in total. The summed E-state index contributed by atoms with van der Waals surface area (Å²) in [5, 5.41) is 18.7. The van der Waals surface area contributed by atoms with Gasteiger partial charge in [0.25, 0.3) is 0 Å². The fourth-order valence-electron chi connectivity index (χ4n) is 1.88. The summed E-state index contributed by atoms with van der Waals surface area (Å²) in [7, 11) is -3.41. The molecular weight excluding hydrogens is 279 g/mol. The Morgan fingerprint density at radius 2 is 1.70 bits per heavy atom. The Morgan fingerprint density at radius 1 is 1.00 bits per heavy atom. The lowest BCUT2D eigenvalue weighted by atomic mass is 10.2. The van der Waals surface area contributed by atoms with Crippen molar-refractivity contribution in [1.82, 2.24) is 0 Å². The van der Waals surface area contributed by atoms with Crippen LogP contribution < -0.4 is 0 Å². The van der Waals surface area contributed by atoms with E-state index in [9.17, 15) is 9.67 Å². The summed E-state index contributed by atoms with van der Waals surface area (Å²) >= 11 is 0. The van der Waals surface area contributed by atoms with E-state index in [2.05, 4.69) is 6.92 Å². The summed E-state index contributed by atoms with van der Waals surface area (Å²) in [6.07, 6.45) is 6.73. The van der Waals surface area contributed by atoms with Crippen LogP contribution in [0.5, 0.6) is 0 Å². The molecule has 0 aliphatic carbocycles. The van der Waals surface area contributed by atoms with Gasteiger partial charge in [-0.3, -0.25) is 4.57 Å². The molecule has 0 fully saturated rings. The summed E-state index contributed by atoms with van der Waals surface area (Å²) in [4.78, 5) is 0. The highest BCUT2D eigenvalue weighted by molar-refractivity contribution is 7.54. The van der Waals surface area contributed by atoms with E-state index in [-0.39, 0.29) is 13.2 Å². The molecular formula is C14H31O5P. The summed E-state index contributed by atoms with van der Waals surface area (Å²) in [6.45, 7) is 4.64. The Balaban J connectivity index is 4.10. The fraction of sp³-hybridized carbons (Fsp3) is 1.00. The minimum atomic E-state index is -3.41. The van der Waals surface area contributed by atoms with Crippen molar-refractivity contribution in [2.75, 3.05) is 19.8 Å². The molecule has 0 amide bonds. The SMILES string of the molecule is CCCCCCOP(=O)(OCC)C(O)CCCCCO. The topological polar surface area (TPSA) is 76.0 Å². The van der Waals surface area contributed by atoms with Crippen LogP contribution in [0.3, 0.4) is 0 Å². The van der Waals surface area contributed by atoms with Crippen LogP contribution in [-0.2, 0) is 13.6 Å². The number of hydrogen-bond acceptors (Lipinski definition) is 5. The molecule has 0 radical (unpaired) electrons. The summed E-state index contributed by atoms with van der Waals surface area (Å²) in [5.41, 5.74) is 0. The molecule has 2 N–H and O–H groups in total. The average molecular weight is 310 g/mol. The molecule has 20 heavy (non-hydrogen) atoms. The van der Waals surface area contributed by atoms with E-state index in [1.165, 1.54) is 0 Å². The smallest absolute Gasteiger partial charge is 0.358 e. The van der Waals surface area contributed by atoms with Gasteiger partial charge in [-0.2, -0.15) is 0 Å². The highest BCUT2D eigenvalue weighted by Crippen LogP contribution is 2.53. The van der Waals surface area contributed by atoms with E-state index in [1.54, 1.807) is 6.92 Å². The number of hydrogen-bond donors (Lipinski definition) is 2. The van der Waals surface area contributed by atoms with Crippen LogP contribution in [0.1, 0.15) is 65.2 Å². The molecule has 0 aromatic rings. The lowest BCUT2D eigenvalue weighted by Crippen LogP contribution is -2.13. The minimum Gasteiger partial charge on any atom is -0.396 e. The van der Waals surface area contributed by atoms with Crippen molar-refractivity contribution in [3.8, 4) is 0 Å². The van der Waals surface area contributed by atoms with Gasteiger partial charge in [0, 0.05) is 6.61 Å². The van der Waals surface area contributed by atoms with Crippen molar-refractivity contribution >= 4 is 7.60 Å². The second-order valence-corrected chi connectivity index (χ2v) is 7.10. The van der Waals surface area contributed by atoms with Crippen LogP contribution in [-0.4, -0.2) is 35.9 Å². The van der Waals surface area contributed by atoms with Gasteiger partial charge in [-0.25, -0.2) is 0 Å². The predicted molar refractivity (Wildman–Crippen MR) is 80.9 cm³/mol. The van der Waals surface area contributed by atoms with Crippen LogP contribution in [0.25, 0.3) is 0 Å². The molecule has 0 saturated carbocycles. The first kappa shape index (κ1) is 20.1. The van der Waals surface area contributed by atoms with Crippen LogP contribution in [0.4, 0.5) is 0 Å². The molecule has 122 valence electrons. The van der Waals surface area contributed by atoms with E-state index in [1.807, 2.05) is 0 Å². The molecule has 0 saturated heterocycles. The average Bonchev–Trinajstić information content (AvgIpc) is 2.43. The van der Waals surface area contributed by atoms with Crippen molar-refractivity contribution < 1.29 is 23.8 Å². The number of unbranched alkanes of at least 4 members (excludes halogenated alkanes) is 5. The molecule has 0 aliphatic rings. The van der Waals surface area contributed by atoms with Crippen molar-refractivity contribution in [3.05, 3.63) is 0 Å². The molecule has 2 unspecified atom stereocenters. The normalized spacial score (nSPS) is 16.0. The van der Waals surface area contributed by atoms with Crippen LogP contribution in [0, 0.1) is 0 Å². The van der Waals surface area contributed by atoms with Crippen molar-refractivity contribution in [3.63, 3.8) is 0 Å². The van der Waals surface area contributed by atoms with E-state index >= 15 is 0 Å². The van der Waals surface area contributed by atoms with Gasteiger partial charge in [-0.05, 0) is 26.2 Å². The molecule has 0 heterocycles. The van der Waals surface area contributed by atoms with E-state index < -0.39 is 13.4 Å². The zero-order valence-corrected chi connectivity index (χ0v) is 13.8. The molecule has 0 aliphatic heterocycles. The van der Waals surface area contributed by atoms with E-state index in [0.717, 1.165) is 32.1 Å². The van der Waals surface area contributed by atoms with Crippen molar-refractivity contribution in [2.45, 2.75) is 71.1 Å². The second kappa shape index (κ2) is 12.8. The van der Waals surface area contributed by atoms with Gasteiger partial charge in [0.2, 0.25) is 0 Å². The van der Waals surface area contributed by atoms with Crippen molar-refractivity contribution in [1.29, 1.82) is 0 Å². The van der Waals surface area contributed by atoms with Crippen LogP contribution in [0.2, 0.25) is 0 Å². The Hall–Kier alpha value is 0.0700. The maximum atomic E-state index is 12.5. The Bertz CT molecular complexity index is 260.